The lowest BCUT2D eigenvalue weighted by Crippen LogP contribution is -2.22. The van der Waals surface area contributed by atoms with E-state index in [4.69, 9.17) is 14.2 Å². The molecule has 0 aliphatic heterocycles. The third-order valence-electron chi connectivity index (χ3n) is 3.87. The van der Waals surface area contributed by atoms with Crippen LogP contribution in [-0.4, -0.2) is 25.9 Å². The van der Waals surface area contributed by atoms with Gasteiger partial charge in [0.05, 0.1) is 6.54 Å². The van der Waals surface area contributed by atoms with Gasteiger partial charge in [0.15, 0.2) is 0 Å². The Morgan fingerprint density at radius 3 is 2.00 bits per heavy atom. The molecule has 1 atom stereocenters. The molecule has 3 rings (SSSR count). The van der Waals surface area contributed by atoms with Crippen molar-refractivity contribution in [2.45, 2.75) is 13.0 Å². The monoisotopic (exact) mass is 363 g/mol. The molecule has 0 heterocycles. The number of rotatable bonds is 10. The smallest absolute Gasteiger partial charge is 0.122 e. The van der Waals surface area contributed by atoms with Crippen LogP contribution in [0.4, 0.5) is 5.69 Å². The summed E-state index contributed by atoms with van der Waals surface area (Å²) >= 11 is 0. The van der Waals surface area contributed by atoms with E-state index < -0.39 is 0 Å². The summed E-state index contributed by atoms with van der Waals surface area (Å²) in [6.07, 6.45) is 0.0521. The zero-order valence-corrected chi connectivity index (χ0v) is 15.5. The van der Waals surface area contributed by atoms with Gasteiger partial charge in [0.2, 0.25) is 0 Å². The third kappa shape index (κ3) is 6.59. The van der Waals surface area contributed by atoms with Gasteiger partial charge in [-0.2, -0.15) is 0 Å². The van der Waals surface area contributed by atoms with E-state index in [2.05, 4.69) is 5.32 Å². The molecule has 0 aromatic heterocycles. The first-order valence-electron chi connectivity index (χ1n) is 9.16. The van der Waals surface area contributed by atoms with E-state index in [0.717, 1.165) is 22.9 Å². The Morgan fingerprint density at radius 1 is 0.704 bits per heavy atom. The predicted octanol–water partition coefficient (Wildman–Crippen LogP) is 5.02. The van der Waals surface area contributed by atoms with E-state index in [1.807, 2.05) is 91.9 Å². The molecule has 1 N–H and O–H groups in total. The largest absolute Gasteiger partial charge is 0.490 e. The van der Waals surface area contributed by atoms with Gasteiger partial charge in [-0.15, -0.1) is 0 Å². The van der Waals surface area contributed by atoms with Crippen molar-refractivity contribution in [1.82, 2.24) is 0 Å². The van der Waals surface area contributed by atoms with E-state index in [0.29, 0.717) is 19.8 Å². The van der Waals surface area contributed by atoms with Crippen molar-refractivity contribution in [3.8, 4) is 17.2 Å². The summed E-state index contributed by atoms with van der Waals surface area (Å²) in [5, 5.41) is 3.39. The molecule has 1 unspecified atom stereocenters. The first kappa shape index (κ1) is 18.6. The van der Waals surface area contributed by atoms with Gasteiger partial charge in [-0.25, -0.2) is 0 Å². The van der Waals surface area contributed by atoms with E-state index in [1.54, 1.807) is 0 Å². The lowest BCUT2D eigenvalue weighted by atomic mass is 10.3. The van der Waals surface area contributed by atoms with Gasteiger partial charge in [-0.1, -0.05) is 42.5 Å². The minimum atomic E-state index is 0.0521. The lowest BCUT2D eigenvalue weighted by molar-refractivity contribution is 0.217. The molecule has 0 aliphatic carbocycles. The molecule has 0 spiro atoms. The number of anilines is 1. The number of benzene rings is 3. The van der Waals surface area contributed by atoms with Crippen molar-refractivity contribution in [2.24, 2.45) is 0 Å². The number of ether oxygens (including phenoxy) is 3. The van der Waals surface area contributed by atoms with E-state index in [-0.39, 0.29) is 6.10 Å². The second kappa shape index (κ2) is 10.1. The molecule has 4 heteroatoms. The van der Waals surface area contributed by atoms with Crippen molar-refractivity contribution in [1.29, 1.82) is 0 Å². The van der Waals surface area contributed by atoms with Gasteiger partial charge in [0.25, 0.3) is 0 Å². The molecule has 0 amide bonds. The first-order chi connectivity index (χ1) is 13.3. The maximum atomic E-state index is 5.88. The van der Waals surface area contributed by atoms with Crippen LogP contribution in [0.25, 0.3) is 0 Å². The number of para-hydroxylation sites is 2. The number of nitrogens with one attached hydrogen (secondary N) is 1. The Hall–Kier alpha value is -3.14. The molecule has 0 aliphatic rings. The quantitative estimate of drug-likeness (QED) is 0.513. The summed E-state index contributed by atoms with van der Waals surface area (Å²) in [7, 11) is 0. The second-order valence-corrected chi connectivity index (χ2v) is 6.16. The Morgan fingerprint density at radius 2 is 1.30 bits per heavy atom. The summed E-state index contributed by atoms with van der Waals surface area (Å²) < 4.78 is 17.3. The molecule has 0 saturated heterocycles. The maximum Gasteiger partial charge on any atom is 0.122 e. The highest BCUT2D eigenvalue weighted by Gasteiger charge is 2.04. The van der Waals surface area contributed by atoms with Gasteiger partial charge in [0, 0.05) is 11.8 Å². The van der Waals surface area contributed by atoms with Crippen molar-refractivity contribution in [2.75, 3.05) is 25.1 Å². The Balaban J connectivity index is 1.40. The van der Waals surface area contributed by atoms with Gasteiger partial charge in [-0.3, -0.25) is 0 Å². The van der Waals surface area contributed by atoms with Gasteiger partial charge >= 0.3 is 0 Å². The van der Waals surface area contributed by atoms with Crippen LogP contribution in [0.15, 0.2) is 84.9 Å². The zero-order valence-electron chi connectivity index (χ0n) is 15.5. The van der Waals surface area contributed by atoms with Crippen LogP contribution in [0, 0.1) is 0 Å². The summed E-state index contributed by atoms with van der Waals surface area (Å²) in [6.45, 7) is 3.74. The maximum absolute atomic E-state index is 5.88. The van der Waals surface area contributed by atoms with Crippen LogP contribution < -0.4 is 19.5 Å². The zero-order chi connectivity index (χ0) is 18.7. The van der Waals surface area contributed by atoms with Crippen LogP contribution in [0.5, 0.6) is 17.2 Å². The molecule has 140 valence electrons. The second-order valence-electron chi connectivity index (χ2n) is 6.16. The topological polar surface area (TPSA) is 39.7 Å². The molecule has 3 aromatic carbocycles. The molecular weight excluding hydrogens is 338 g/mol. The average Bonchev–Trinajstić information content (AvgIpc) is 2.72. The fraction of sp³-hybridized carbons (Fsp3) is 0.217. The summed E-state index contributed by atoms with van der Waals surface area (Å²) in [5.74, 6) is 2.54. The number of hydrogen-bond acceptors (Lipinski definition) is 4. The third-order valence-corrected chi connectivity index (χ3v) is 3.87. The minimum absolute atomic E-state index is 0.0521. The summed E-state index contributed by atoms with van der Waals surface area (Å²) in [6, 6.07) is 27.5. The summed E-state index contributed by atoms with van der Waals surface area (Å²) in [5.41, 5.74) is 1.000. The van der Waals surface area contributed by atoms with E-state index in [9.17, 15) is 0 Å². The molecule has 4 nitrogen and oxygen atoms in total. The molecule has 0 bridgehead atoms. The highest BCUT2D eigenvalue weighted by atomic mass is 16.5. The van der Waals surface area contributed by atoms with E-state index in [1.165, 1.54) is 0 Å². The Kier molecular flexibility index (Phi) is 6.99. The molecule has 0 fully saturated rings. The molecule has 27 heavy (non-hydrogen) atoms. The van der Waals surface area contributed by atoms with Crippen LogP contribution >= 0.6 is 0 Å². The van der Waals surface area contributed by atoms with E-state index >= 15 is 0 Å². The Labute approximate surface area is 160 Å². The molecule has 0 radical (unpaired) electrons. The Bertz CT molecular complexity index is 793. The van der Waals surface area contributed by atoms with Crippen molar-refractivity contribution in [3.05, 3.63) is 84.9 Å². The average molecular weight is 363 g/mol. The normalized spacial score (nSPS) is 11.4. The fourth-order valence-electron chi connectivity index (χ4n) is 2.57. The minimum Gasteiger partial charge on any atom is -0.490 e. The first-order valence-corrected chi connectivity index (χ1v) is 9.16. The van der Waals surface area contributed by atoms with Gasteiger partial charge in [0.1, 0.15) is 36.6 Å². The highest BCUT2D eigenvalue weighted by molar-refractivity contribution is 5.48. The van der Waals surface area contributed by atoms with Crippen molar-refractivity contribution >= 4 is 5.69 Å². The molecule has 0 saturated carbocycles. The van der Waals surface area contributed by atoms with Crippen LogP contribution in [0.3, 0.4) is 0 Å². The molecular formula is C23H25NO3. The summed E-state index contributed by atoms with van der Waals surface area (Å²) in [4.78, 5) is 0. The SMILES string of the molecule is CC(CNc1cccc(OCCOc2ccccc2)c1)Oc1ccccc1. The lowest BCUT2D eigenvalue weighted by Gasteiger charge is -2.16. The van der Waals surface area contributed by atoms with Gasteiger partial charge in [-0.05, 0) is 43.3 Å². The van der Waals surface area contributed by atoms with Crippen molar-refractivity contribution < 1.29 is 14.2 Å². The van der Waals surface area contributed by atoms with Crippen LogP contribution in [-0.2, 0) is 0 Å². The van der Waals surface area contributed by atoms with Gasteiger partial charge < -0.3 is 19.5 Å². The fourth-order valence-corrected chi connectivity index (χ4v) is 2.57. The standard InChI is InChI=1S/C23H25NO3/c1-19(27-22-12-6-3-7-13-22)18-24-20-9-8-14-23(17-20)26-16-15-25-21-10-4-2-5-11-21/h2-14,17,19,24H,15-16,18H2,1H3. The van der Waals surface area contributed by atoms with Crippen LogP contribution in [0.2, 0.25) is 0 Å². The highest BCUT2D eigenvalue weighted by Crippen LogP contribution is 2.18. The van der Waals surface area contributed by atoms with Crippen molar-refractivity contribution in [3.63, 3.8) is 0 Å². The molecule has 3 aromatic rings. The predicted molar refractivity (Wildman–Crippen MR) is 109 cm³/mol. The number of hydrogen-bond donors (Lipinski definition) is 1. The van der Waals surface area contributed by atoms with Crippen LogP contribution in [0.1, 0.15) is 6.92 Å².